The molecule has 124 valence electrons. The molecule has 4 aliphatic rings. The van der Waals surface area contributed by atoms with Gasteiger partial charge in [0, 0.05) is 17.3 Å². The van der Waals surface area contributed by atoms with Crippen LogP contribution < -0.4 is 0 Å². The van der Waals surface area contributed by atoms with Gasteiger partial charge >= 0.3 is 0 Å². The Hall–Kier alpha value is -1.07. The number of fused-ring (bicyclic) bond motifs is 5. The molecule has 0 heterocycles. The number of hydrogen-bond acceptors (Lipinski definition) is 1. The lowest BCUT2D eigenvalue weighted by atomic mass is 9.51. The van der Waals surface area contributed by atoms with Gasteiger partial charge in [-0.25, -0.2) is 4.39 Å². The van der Waals surface area contributed by atoms with Gasteiger partial charge in [0.1, 0.15) is 11.4 Å². The van der Waals surface area contributed by atoms with Crippen molar-refractivity contribution in [3.05, 3.63) is 23.0 Å². The minimum atomic E-state index is -1.03. The molecule has 0 spiro atoms. The Labute approximate surface area is 139 Å². The maximum absolute atomic E-state index is 14.9. The molecule has 1 N–H and O–H groups in total. The van der Waals surface area contributed by atoms with Crippen LogP contribution in [0.3, 0.4) is 0 Å². The van der Waals surface area contributed by atoms with Gasteiger partial charge in [-0.3, -0.25) is 0 Å². The van der Waals surface area contributed by atoms with Gasteiger partial charge in [0.25, 0.3) is 0 Å². The molecule has 4 aliphatic carbocycles. The summed E-state index contributed by atoms with van der Waals surface area (Å²) >= 11 is 0. The first-order valence-corrected chi connectivity index (χ1v) is 9.14. The molecule has 0 aromatic rings. The fourth-order valence-electron chi connectivity index (χ4n) is 6.33. The molecule has 0 aromatic carbocycles. The molecule has 1 unspecified atom stereocenters. The molecule has 2 saturated carbocycles. The largest absolute Gasteiger partial charge is 0.377 e. The molecule has 0 bridgehead atoms. The van der Waals surface area contributed by atoms with Gasteiger partial charge in [0.2, 0.25) is 0 Å². The zero-order valence-corrected chi connectivity index (χ0v) is 14.3. The highest BCUT2D eigenvalue weighted by Gasteiger charge is 2.61. The van der Waals surface area contributed by atoms with Gasteiger partial charge in [0.15, 0.2) is 0 Å². The Morgan fingerprint density at radius 2 is 2.09 bits per heavy atom. The average Bonchev–Trinajstić information content (AvgIpc) is 2.80. The second-order valence-corrected chi connectivity index (χ2v) is 8.66. The summed E-state index contributed by atoms with van der Waals surface area (Å²) in [5, 5.41) is 10.9. The third kappa shape index (κ3) is 1.78. The monoisotopic (exact) mass is 314 g/mol. The SMILES string of the molecule is C#CC1(O)CC[C@H]2[C@@H]3CC(F)=C4CCCC[C@]4(C)C3=CC[C@@]21C. The molecular formula is C21H27FO. The molecule has 0 radical (unpaired) electrons. The molecule has 1 nitrogen and oxygen atoms in total. The van der Waals surface area contributed by atoms with E-state index in [1.54, 1.807) is 0 Å². The van der Waals surface area contributed by atoms with Crippen molar-refractivity contribution in [1.82, 2.24) is 0 Å². The van der Waals surface area contributed by atoms with Crippen molar-refractivity contribution in [2.75, 3.05) is 0 Å². The number of rotatable bonds is 0. The third-order valence-corrected chi connectivity index (χ3v) is 7.83. The van der Waals surface area contributed by atoms with Gasteiger partial charge in [-0.15, -0.1) is 6.42 Å². The van der Waals surface area contributed by atoms with E-state index in [0.717, 1.165) is 37.7 Å². The Morgan fingerprint density at radius 3 is 2.83 bits per heavy atom. The van der Waals surface area contributed by atoms with Crippen molar-refractivity contribution in [1.29, 1.82) is 0 Å². The van der Waals surface area contributed by atoms with E-state index < -0.39 is 5.60 Å². The fourth-order valence-corrected chi connectivity index (χ4v) is 6.33. The summed E-state index contributed by atoms with van der Waals surface area (Å²) in [6.45, 7) is 4.38. The Bertz CT molecular complexity index is 653. The van der Waals surface area contributed by atoms with E-state index in [0.29, 0.717) is 18.8 Å². The molecular weight excluding hydrogens is 287 g/mol. The van der Waals surface area contributed by atoms with Crippen LogP contribution >= 0.6 is 0 Å². The lowest BCUT2D eigenvalue weighted by molar-refractivity contribution is -0.0366. The summed E-state index contributed by atoms with van der Waals surface area (Å²) in [5.74, 6) is 3.33. The molecule has 5 atom stereocenters. The molecule has 0 amide bonds. The molecule has 0 aromatic heterocycles. The smallest absolute Gasteiger partial charge is 0.131 e. The maximum Gasteiger partial charge on any atom is 0.131 e. The maximum atomic E-state index is 14.9. The highest BCUT2D eigenvalue weighted by molar-refractivity contribution is 5.42. The van der Waals surface area contributed by atoms with Gasteiger partial charge in [-0.1, -0.05) is 37.8 Å². The lowest BCUT2D eigenvalue weighted by Gasteiger charge is -2.53. The van der Waals surface area contributed by atoms with E-state index in [2.05, 4.69) is 25.8 Å². The van der Waals surface area contributed by atoms with Gasteiger partial charge < -0.3 is 5.11 Å². The minimum Gasteiger partial charge on any atom is -0.377 e. The van der Waals surface area contributed by atoms with Crippen LogP contribution in [-0.2, 0) is 0 Å². The summed E-state index contributed by atoms with van der Waals surface area (Å²) in [6, 6.07) is 0. The van der Waals surface area contributed by atoms with Crippen molar-refractivity contribution < 1.29 is 9.50 Å². The summed E-state index contributed by atoms with van der Waals surface area (Å²) in [5.41, 5.74) is 1.10. The first kappa shape index (κ1) is 15.5. The predicted molar refractivity (Wildman–Crippen MR) is 90.1 cm³/mol. The van der Waals surface area contributed by atoms with Gasteiger partial charge in [-0.2, -0.15) is 0 Å². The summed E-state index contributed by atoms with van der Waals surface area (Å²) in [4.78, 5) is 0. The first-order valence-electron chi connectivity index (χ1n) is 9.14. The third-order valence-electron chi connectivity index (χ3n) is 7.83. The quantitative estimate of drug-likeness (QED) is 0.497. The van der Waals surface area contributed by atoms with E-state index in [1.165, 1.54) is 12.0 Å². The van der Waals surface area contributed by atoms with Crippen LogP contribution in [-0.4, -0.2) is 10.7 Å². The minimum absolute atomic E-state index is 0.0799. The van der Waals surface area contributed by atoms with Crippen LogP contribution in [0.2, 0.25) is 0 Å². The number of allylic oxidation sites excluding steroid dienone is 4. The standard InChI is InChI=1S/C21H27FO/c1-4-21(23)12-9-16-14-13-18(22)17-7-5-6-10-19(17,2)15(14)8-11-20(16,21)3/h1,8,14,16,23H,5-7,9-13H2,2-3H3/t14-,16+,19-,20+,21?/m1/s1. The summed E-state index contributed by atoms with van der Waals surface area (Å²) < 4.78 is 14.9. The summed E-state index contributed by atoms with van der Waals surface area (Å²) in [6.07, 6.45) is 15.2. The number of halogens is 1. The number of terminal acetylenes is 1. The van der Waals surface area contributed by atoms with Crippen LogP contribution in [0.15, 0.2) is 23.0 Å². The Balaban J connectivity index is 1.81. The molecule has 0 aliphatic heterocycles. The van der Waals surface area contributed by atoms with Crippen molar-refractivity contribution in [3.63, 3.8) is 0 Å². The zero-order valence-electron chi connectivity index (χ0n) is 14.3. The van der Waals surface area contributed by atoms with Crippen LogP contribution in [0.25, 0.3) is 0 Å². The Morgan fingerprint density at radius 1 is 1.30 bits per heavy atom. The van der Waals surface area contributed by atoms with Gasteiger partial charge in [0.05, 0.1) is 0 Å². The molecule has 0 saturated heterocycles. The molecule has 23 heavy (non-hydrogen) atoms. The van der Waals surface area contributed by atoms with Gasteiger partial charge in [-0.05, 0) is 55.9 Å². The van der Waals surface area contributed by atoms with E-state index in [-0.39, 0.29) is 22.6 Å². The second kappa shape index (κ2) is 4.73. The highest BCUT2D eigenvalue weighted by Crippen LogP contribution is 2.66. The van der Waals surface area contributed by atoms with E-state index in [4.69, 9.17) is 6.42 Å². The van der Waals surface area contributed by atoms with Crippen LogP contribution in [0.5, 0.6) is 0 Å². The van der Waals surface area contributed by atoms with Crippen LogP contribution in [0, 0.1) is 35.0 Å². The number of hydrogen-bond donors (Lipinski definition) is 1. The molecule has 2 heteroatoms. The van der Waals surface area contributed by atoms with Crippen molar-refractivity contribution in [2.45, 2.75) is 70.8 Å². The normalized spacial score (nSPS) is 48.9. The molecule has 2 fully saturated rings. The zero-order chi connectivity index (χ0) is 16.5. The topological polar surface area (TPSA) is 20.2 Å². The first-order chi connectivity index (χ1) is 10.9. The predicted octanol–water partition coefficient (Wildman–Crippen LogP) is 4.92. The summed E-state index contributed by atoms with van der Waals surface area (Å²) in [7, 11) is 0. The fraction of sp³-hybridized carbons (Fsp3) is 0.714. The van der Waals surface area contributed by atoms with E-state index >= 15 is 0 Å². The lowest BCUT2D eigenvalue weighted by Crippen LogP contribution is -2.50. The highest BCUT2D eigenvalue weighted by atomic mass is 19.1. The van der Waals surface area contributed by atoms with Crippen LogP contribution in [0.4, 0.5) is 4.39 Å². The molecule has 4 rings (SSSR count). The van der Waals surface area contributed by atoms with Crippen LogP contribution in [0.1, 0.15) is 65.2 Å². The average molecular weight is 314 g/mol. The van der Waals surface area contributed by atoms with E-state index in [1.807, 2.05) is 0 Å². The van der Waals surface area contributed by atoms with E-state index in [9.17, 15) is 9.50 Å². The second-order valence-electron chi connectivity index (χ2n) is 8.66. The van der Waals surface area contributed by atoms with Crippen molar-refractivity contribution >= 4 is 0 Å². The van der Waals surface area contributed by atoms with Crippen molar-refractivity contribution in [2.24, 2.45) is 22.7 Å². The number of aliphatic hydroxyl groups is 1. The Kier molecular flexibility index (Phi) is 3.18. The van der Waals surface area contributed by atoms with Crippen molar-refractivity contribution in [3.8, 4) is 12.3 Å².